The molecule has 1 saturated heterocycles. The van der Waals surface area contributed by atoms with Crippen LogP contribution in [0.25, 0.3) is 0 Å². The first kappa shape index (κ1) is 29.6. The molecule has 4 rings (SSSR count). The minimum absolute atomic E-state index is 0.0336. The number of rotatable bonds is 6. The molecule has 1 saturated carbocycles. The van der Waals surface area contributed by atoms with Crippen LogP contribution in [-0.4, -0.2) is 42.6 Å². The monoisotopic (exact) mass is 498 g/mol. The summed E-state index contributed by atoms with van der Waals surface area (Å²) < 4.78 is 44.4. The Balaban J connectivity index is 0.000000639. The standard InChI is InChI=1S/C22H31F3N2O2.C4H8.C2H6/c1-15(3-4-16(2)26-20-8-11-29-12-9-20)21(28)27-10-7-17-5-6-19(22(23,24)25)13-18(17)14-27;1-2-4-3-1;1-2/h5-6,13,15-16,20,26H,3-4,7-12,14H2,1-2H3;1-4H2;1-2H3/t15?,16-;;/m0../s1. The summed E-state index contributed by atoms with van der Waals surface area (Å²) in [5.74, 6) is -0.104. The number of nitrogens with one attached hydrogen (secondary N) is 1. The lowest BCUT2D eigenvalue weighted by atomic mass is 9.94. The fraction of sp³-hybridized carbons (Fsp3) is 0.750. The molecule has 7 heteroatoms. The molecule has 4 nitrogen and oxygen atoms in total. The van der Waals surface area contributed by atoms with E-state index in [1.807, 2.05) is 20.8 Å². The van der Waals surface area contributed by atoms with Gasteiger partial charge < -0.3 is 15.0 Å². The second kappa shape index (κ2) is 14.8. The summed E-state index contributed by atoms with van der Waals surface area (Å²) >= 11 is 0. The van der Waals surface area contributed by atoms with Crippen LogP contribution in [0.4, 0.5) is 13.2 Å². The summed E-state index contributed by atoms with van der Waals surface area (Å²) in [5, 5.41) is 3.61. The number of hydrogen-bond donors (Lipinski definition) is 1. The lowest BCUT2D eigenvalue weighted by Gasteiger charge is -2.32. The molecule has 0 spiro atoms. The van der Waals surface area contributed by atoms with E-state index in [-0.39, 0.29) is 18.4 Å². The first-order valence-electron chi connectivity index (χ1n) is 13.6. The van der Waals surface area contributed by atoms with Crippen LogP contribution in [0.5, 0.6) is 0 Å². The van der Waals surface area contributed by atoms with Gasteiger partial charge in [0.25, 0.3) is 0 Å². The van der Waals surface area contributed by atoms with Crippen molar-refractivity contribution in [1.29, 1.82) is 0 Å². The number of carbonyl (C=O) groups excluding carboxylic acids is 1. The number of halogens is 3. The lowest BCUT2D eigenvalue weighted by molar-refractivity contribution is -0.137. The van der Waals surface area contributed by atoms with Gasteiger partial charge in [0.05, 0.1) is 5.56 Å². The van der Waals surface area contributed by atoms with Crippen LogP contribution in [0.1, 0.15) is 95.8 Å². The minimum atomic E-state index is -4.36. The third-order valence-electron chi connectivity index (χ3n) is 7.05. The molecule has 1 unspecified atom stereocenters. The van der Waals surface area contributed by atoms with Gasteiger partial charge in [0.2, 0.25) is 5.91 Å². The van der Waals surface area contributed by atoms with E-state index in [1.54, 1.807) is 11.0 Å². The van der Waals surface area contributed by atoms with Gasteiger partial charge in [-0.25, -0.2) is 0 Å². The number of ether oxygens (including phenoxy) is 1. The molecule has 0 aromatic heterocycles. The highest BCUT2D eigenvalue weighted by Gasteiger charge is 2.32. The van der Waals surface area contributed by atoms with Gasteiger partial charge in [0.1, 0.15) is 0 Å². The number of benzene rings is 1. The number of alkyl halides is 3. The van der Waals surface area contributed by atoms with E-state index in [9.17, 15) is 18.0 Å². The van der Waals surface area contributed by atoms with E-state index >= 15 is 0 Å². The summed E-state index contributed by atoms with van der Waals surface area (Å²) in [6.07, 6.45) is 5.95. The summed E-state index contributed by atoms with van der Waals surface area (Å²) in [6, 6.07) is 4.67. The number of nitrogens with zero attached hydrogens (tertiary/aromatic N) is 1. The van der Waals surface area contributed by atoms with E-state index in [2.05, 4.69) is 12.2 Å². The molecule has 2 fully saturated rings. The average Bonchev–Trinajstić information content (AvgIpc) is 2.81. The van der Waals surface area contributed by atoms with Gasteiger partial charge in [0.15, 0.2) is 0 Å². The van der Waals surface area contributed by atoms with Gasteiger partial charge in [0, 0.05) is 44.3 Å². The van der Waals surface area contributed by atoms with Crippen molar-refractivity contribution in [3.8, 4) is 0 Å². The van der Waals surface area contributed by atoms with E-state index < -0.39 is 11.7 Å². The molecule has 0 bridgehead atoms. The topological polar surface area (TPSA) is 41.6 Å². The Labute approximate surface area is 210 Å². The molecule has 2 aliphatic heterocycles. The number of hydrogen-bond acceptors (Lipinski definition) is 3. The zero-order valence-corrected chi connectivity index (χ0v) is 22.1. The predicted octanol–water partition coefficient (Wildman–Crippen LogP) is 6.75. The van der Waals surface area contributed by atoms with Crippen molar-refractivity contribution >= 4 is 5.91 Å². The molecule has 1 aromatic rings. The van der Waals surface area contributed by atoms with Gasteiger partial charge in [-0.1, -0.05) is 52.5 Å². The summed E-state index contributed by atoms with van der Waals surface area (Å²) in [7, 11) is 0. The largest absolute Gasteiger partial charge is 0.416 e. The summed E-state index contributed by atoms with van der Waals surface area (Å²) in [4.78, 5) is 14.6. The minimum Gasteiger partial charge on any atom is -0.381 e. The highest BCUT2D eigenvalue weighted by Crippen LogP contribution is 2.32. The normalized spacial score (nSPS) is 19.7. The van der Waals surface area contributed by atoms with Crippen molar-refractivity contribution in [2.24, 2.45) is 5.92 Å². The van der Waals surface area contributed by atoms with E-state index in [1.165, 1.54) is 31.7 Å². The van der Waals surface area contributed by atoms with Gasteiger partial charge in [-0.15, -0.1) is 0 Å². The second-order valence-electron chi connectivity index (χ2n) is 9.84. The van der Waals surface area contributed by atoms with Crippen LogP contribution in [0.15, 0.2) is 18.2 Å². The van der Waals surface area contributed by atoms with Crippen molar-refractivity contribution in [3.05, 3.63) is 34.9 Å². The van der Waals surface area contributed by atoms with Gasteiger partial charge in [-0.05, 0) is 62.3 Å². The smallest absolute Gasteiger partial charge is 0.381 e. The van der Waals surface area contributed by atoms with Crippen molar-refractivity contribution < 1.29 is 22.7 Å². The van der Waals surface area contributed by atoms with Crippen molar-refractivity contribution in [1.82, 2.24) is 10.2 Å². The quantitative estimate of drug-likeness (QED) is 0.472. The molecule has 1 amide bonds. The van der Waals surface area contributed by atoms with E-state index in [4.69, 9.17) is 4.74 Å². The van der Waals surface area contributed by atoms with Crippen LogP contribution in [-0.2, 0) is 28.7 Å². The zero-order chi connectivity index (χ0) is 25.8. The molecule has 35 heavy (non-hydrogen) atoms. The number of amides is 1. The molecular weight excluding hydrogens is 453 g/mol. The Hall–Kier alpha value is -1.60. The SMILES string of the molecule is C1CCC1.CC.CC(CC[C@H](C)NC1CCOCC1)C(=O)N1CCc2ccc(C(F)(F)F)cc2C1. The summed E-state index contributed by atoms with van der Waals surface area (Å²) in [6.45, 7) is 10.5. The third-order valence-corrected chi connectivity index (χ3v) is 7.05. The maximum absolute atomic E-state index is 13.0. The fourth-order valence-electron chi connectivity index (χ4n) is 4.46. The Morgan fingerprint density at radius 2 is 1.69 bits per heavy atom. The molecule has 2 atom stereocenters. The van der Waals surface area contributed by atoms with Gasteiger partial charge in [-0.3, -0.25) is 4.79 Å². The highest BCUT2D eigenvalue weighted by molar-refractivity contribution is 5.78. The zero-order valence-electron chi connectivity index (χ0n) is 22.1. The second-order valence-corrected chi connectivity index (χ2v) is 9.84. The van der Waals surface area contributed by atoms with Crippen LogP contribution < -0.4 is 5.32 Å². The average molecular weight is 499 g/mol. The Morgan fingerprint density at radius 3 is 2.26 bits per heavy atom. The Morgan fingerprint density at radius 1 is 1.06 bits per heavy atom. The number of fused-ring (bicyclic) bond motifs is 1. The number of carbonyl (C=O) groups is 1. The molecule has 0 radical (unpaired) electrons. The molecule has 1 aromatic carbocycles. The van der Waals surface area contributed by atoms with Gasteiger partial charge >= 0.3 is 6.18 Å². The first-order chi connectivity index (χ1) is 16.7. The maximum Gasteiger partial charge on any atom is 0.416 e. The maximum atomic E-state index is 13.0. The van der Waals surface area contributed by atoms with Crippen LogP contribution in [0.3, 0.4) is 0 Å². The molecule has 2 heterocycles. The highest BCUT2D eigenvalue weighted by atomic mass is 19.4. The van der Waals surface area contributed by atoms with Crippen molar-refractivity contribution in [2.75, 3.05) is 19.8 Å². The Bertz CT molecular complexity index is 755. The predicted molar refractivity (Wildman–Crippen MR) is 135 cm³/mol. The van der Waals surface area contributed by atoms with Crippen LogP contribution in [0.2, 0.25) is 0 Å². The fourth-order valence-corrected chi connectivity index (χ4v) is 4.46. The lowest BCUT2D eigenvalue weighted by Crippen LogP contribution is -2.41. The Kier molecular flexibility index (Phi) is 12.6. The third kappa shape index (κ3) is 9.76. The van der Waals surface area contributed by atoms with Crippen LogP contribution in [0, 0.1) is 5.92 Å². The van der Waals surface area contributed by atoms with Crippen LogP contribution >= 0.6 is 0 Å². The van der Waals surface area contributed by atoms with E-state index in [0.29, 0.717) is 30.6 Å². The molecular formula is C28H45F3N2O2. The molecule has 1 aliphatic carbocycles. The molecule has 3 aliphatic rings. The molecule has 1 N–H and O–H groups in total. The summed E-state index contributed by atoms with van der Waals surface area (Å²) in [5.41, 5.74) is 0.872. The van der Waals surface area contributed by atoms with Gasteiger partial charge in [-0.2, -0.15) is 13.2 Å². The molecule has 200 valence electrons. The van der Waals surface area contributed by atoms with Crippen molar-refractivity contribution in [2.45, 2.75) is 110 Å². The van der Waals surface area contributed by atoms with E-state index in [0.717, 1.165) is 50.5 Å². The first-order valence-corrected chi connectivity index (χ1v) is 13.6. The van der Waals surface area contributed by atoms with Crippen molar-refractivity contribution in [3.63, 3.8) is 0 Å².